The van der Waals surface area contributed by atoms with Gasteiger partial charge in [-0.15, -0.1) is 0 Å². The molecule has 0 aliphatic carbocycles. The van der Waals surface area contributed by atoms with Crippen molar-refractivity contribution in [2.24, 2.45) is 0 Å². The zero-order valence-corrected chi connectivity index (χ0v) is 15.0. The van der Waals surface area contributed by atoms with E-state index in [1.807, 2.05) is 35.5 Å². The fourth-order valence-corrected chi connectivity index (χ4v) is 3.22. The van der Waals surface area contributed by atoms with E-state index in [-0.39, 0.29) is 5.91 Å². The molecule has 1 aliphatic rings. The van der Waals surface area contributed by atoms with Crippen LogP contribution in [-0.4, -0.2) is 65.1 Å². The molecule has 1 aliphatic heterocycles. The monoisotopic (exact) mass is 342 g/mol. The van der Waals surface area contributed by atoms with Crippen LogP contribution in [0.5, 0.6) is 5.75 Å². The summed E-state index contributed by atoms with van der Waals surface area (Å²) in [4.78, 5) is 21.3. The first-order valence-corrected chi connectivity index (χ1v) is 8.87. The van der Waals surface area contributed by atoms with Crippen LogP contribution in [0.2, 0.25) is 0 Å². The average Bonchev–Trinajstić information content (AvgIpc) is 3.14. The number of rotatable bonds is 6. The van der Waals surface area contributed by atoms with E-state index in [0.717, 1.165) is 57.3 Å². The molecule has 2 heterocycles. The Hall–Kier alpha value is -2.34. The fraction of sp³-hybridized carbons (Fsp3) is 0.474. The smallest absolute Gasteiger partial charge is 0.254 e. The number of piperazine rings is 1. The minimum Gasteiger partial charge on any atom is -0.497 e. The maximum atomic E-state index is 12.6. The molecule has 1 fully saturated rings. The molecule has 0 atom stereocenters. The molecular formula is C19H26N4O2. The number of aromatic nitrogens is 2. The van der Waals surface area contributed by atoms with Crippen molar-refractivity contribution in [3.05, 3.63) is 48.0 Å². The maximum absolute atomic E-state index is 12.6. The number of nitrogens with zero attached hydrogens (tertiary/aromatic N) is 4. The number of amides is 1. The van der Waals surface area contributed by atoms with Crippen molar-refractivity contribution in [2.75, 3.05) is 39.8 Å². The first-order chi connectivity index (χ1) is 12.2. The Kier molecular flexibility index (Phi) is 5.71. The van der Waals surface area contributed by atoms with E-state index < -0.39 is 0 Å². The summed E-state index contributed by atoms with van der Waals surface area (Å²) in [6.07, 6.45) is 4.86. The minimum atomic E-state index is 0.0847. The third-order valence-corrected chi connectivity index (χ3v) is 4.75. The van der Waals surface area contributed by atoms with Crippen molar-refractivity contribution in [3.8, 4) is 5.75 Å². The van der Waals surface area contributed by atoms with Crippen LogP contribution in [0, 0.1) is 0 Å². The highest BCUT2D eigenvalue weighted by Crippen LogP contribution is 2.15. The topological polar surface area (TPSA) is 50.6 Å². The third-order valence-electron chi connectivity index (χ3n) is 4.75. The molecule has 0 bridgehead atoms. The zero-order valence-electron chi connectivity index (χ0n) is 15.0. The highest BCUT2D eigenvalue weighted by atomic mass is 16.5. The van der Waals surface area contributed by atoms with Crippen LogP contribution in [0.25, 0.3) is 0 Å². The van der Waals surface area contributed by atoms with Crippen LogP contribution in [0.4, 0.5) is 0 Å². The van der Waals surface area contributed by atoms with Gasteiger partial charge in [0.05, 0.1) is 7.11 Å². The lowest BCUT2D eigenvalue weighted by Gasteiger charge is -2.35. The van der Waals surface area contributed by atoms with Crippen LogP contribution in [0.1, 0.15) is 23.1 Å². The van der Waals surface area contributed by atoms with Gasteiger partial charge in [-0.05, 0) is 18.2 Å². The Morgan fingerprint density at radius 2 is 2.00 bits per heavy atom. The standard InChI is InChI=1S/C19H26N4O2/c1-3-18-20-7-8-22(18)12-9-21-10-13-23(14-11-21)19(24)16-5-4-6-17(15-16)25-2/h4-8,15H,3,9-14H2,1-2H3. The molecule has 25 heavy (non-hydrogen) atoms. The highest BCUT2D eigenvalue weighted by molar-refractivity contribution is 5.94. The molecule has 0 N–H and O–H groups in total. The summed E-state index contributed by atoms with van der Waals surface area (Å²) in [7, 11) is 1.62. The van der Waals surface area contributed by atoms with Crippen LogP contribution < -0.4 is 4.74 Å². The lowest BCUT2D eigenvalue weighted by atomic mass is 10.1. The predicted molar refractivity (Wildman–Crippen MR) is 96.9 cm³/mol. The minimum absolute atomic E-state index is 0.0847. The molecule has 6 nitrogen and oxygen atoms in total. The first-order valence-electron chi connectivity index (χ1n) is 8.87. The van der Waals surface area contributed by atoms with Gasteiger partial charge in [0.15, 0.2) is 0 Å². The highest BCUT2D eigenvalue weighted by Gasteiger charge is 2.22. The SMILES string of the molecule is CCc1nccn1CCN1CCN(C(=O)c2cccc(OC)c2)CC1. The Labute approximate surface area is 149 Å². The van der Waals surface area contributed by atoms with E-state index in [9.17, 15) is 4.79 Å². The van der Waals surface area contributed by atoms with Gasteiger partial charge in [-0.2, -0.15) is 0 Å². The van der Waals surface area contributed by atoms with Gasteiger partial charge in [-0.3, -0.25) is 9.69 Å². The van der Waals surface area contributed by atoms with E-state index in [4.69, 9.17) is 4.74 Å². The summed E-state index contributed by atoms with van der Waals surface area (Å²) in [5.74, 6) is 1.94. The van der Waals surface area contributed by atoms with E-state index in [0.29, 0.717) is 5.56 Å². The molecule has 1 aromatic heterocycles. The molecule has 0 spiro atoms. The summed E-state index contributed by atoms with van der Waals surface area (Å²) >= 11 is 0. The molecule has 0 radical (unpaired) electrons. The summed E-state index contributed by atoms with van der Waals surface area (Å²) < 4.78 is 7.43. The van der Waals surface area contributed by atoms with Crippen LogP contribution >= 0.6 is 0 Å². The van der Waals surface area contributed by atoms with E-state index in [1.165, 1.54) is 0 Å². The number of carbonyl (C=O) groups excluding carboxylic acids is 1. The number of carbonyl (C=O) groups is 1. The Balaban J connectivity index is 1.50. The summed E-state index contributed by atoms with van der Waals surface area (Å²) in [5.41, 5.74) is 0.693. The molecule has 1 amide bonds. The van der Waals surface area contributed by atoms with Gasteiger partial charge >= 0.3 is 0 Å². The first kappa shape index (κ1) is 17.5. The quantitative estimate of drug-likeness (QED) is 0.805. The van der Waals surface area contributed by atoms with Crippen LogP contribution in [0.15, 0.2) is 36.7 Å². The summed E-state index contributed by atoms with van der Waals surface area (Å²) in [5, 5.41) is 0. The average molecular weight is 342 g/mol. The molecule has 1 saturated heterocycles. The Morgan fingerprint density at radius 1 is 1.20 bits per heavy atom. The fourth-order valence-electron chi connectivity index (χ4n) is 3.22. The molecule has 1 aromatic carbocycles. The molecule has 134 valence electrons. The van der Waals surface area contributed by atoms with Gasteiger partial charge in [0.1, 0.15) is 11.6 Å². The number of ether oxygens (including phenoxy) is 1. The Bertz CT molecular complexity index is 705. The number of methoxy groups -OCH3 is 1. The second-order valence-corrected chi connectivity index (χ2v) is 6.26. The molecule has 0 saturated carbocycles. The molecule has 6 heteroatoms. The lowest BCUT2D eigenvalue weighted by molar-refractivity contribution is 0.0632. The van der Waals surface area contributed by atoms with Crippen molar-refractivity contribution < 1.29 is 9.53 Å². The lowest BCUT2D eigenvalue weighted by Crippen LogP contribution is -2.49. The molecule has 0 unspecified atom stereocenters. The largest absolute Gasteiger partial charge is 0.497 e. The van der Waals surface area contributed by atoms with Crippen molar-refractivity contribution in [3.63, 3.8) is 0 Å². The number of hydrogen-bond donors (Lipinski definition) is 0. The van der Waals surface area contributed by atoms with Crippen molar-refractivity contribution >= 4 is 5.91 Å². The van der Waals surface area contributed by atoms with E-state index in [1.54, 1.807) is 13.2 Å². The molecule has 3 rings (SSSR count). The number of benzene rings is 1. The van der Waals surface area contributed by atoms with Crippen molar-refractivity contribution in [1.82, 2.24) is 19.4 Å². The summed E-state index contributed by atoms with van der Waals surface area (Å²) in [6, 6.07) is 7.37. The molecule has 2 aromatic rings. The van der Waals surface area contributed by atoms with Crippen molar-refractivity contribution in [1.29, 1.82) is 0 Å². The van der Waals surface area contributed by atoms with Gasteiger partial charge in [0, 0.05) is 63.6 Å². The maximum Gasteiger partial charge on any atom is 0.254 e. The van der Waals surface area contributed by atoms with E-state index >= 15 is 0 Å². The number of imidazole rings is 1. The van der Waals surface area contributed by atoms with Gasteiger partial charge in [-0.25, -0.2) is 4.98 Å². The zero-order chi connectivity index (χ0) is 17.6. The summed E-state index contributed by atoms with van der Waals surface area (Å²) in [6.45, 7) is 7.41. The predicted octanol–water partition coefficient (Wildman–Crippen LogP) is 1.91. The molecular weight excluding hydrogens is 316 g/mol. The second-order valence-electron chi connectivity index (χ2n) is 6.26. The van der Waals surface area contributed by atoms with Gasteiger partial charge in [0.2, 0.25) is 0 Å². The van der Waals surface area contributed by atoms with Gasteiger partial charge in [-0.1, -0.05) is 13.0 Å². The Morgan fingerprint density at radius 3 is 2.72 bits per heavy atom. The van der Waals surface area contributed by atoms with Crippen molar-refractivity contribution in [2.45, 2.75) is 19.9 Å². The second kappa shape index (κ2) is 8.16. The number of aryl methyl sites for hydroxylation is 1. The van der Waals surface area contributed by atoms with E-state index in [2.05, 4.69) is 21.4 Å². The van der Waals surface area contributed by atoms with Gasteiger partial charge in [0.25, 0.3) is 5.91 Å². The normalized spacial score (nSPS) is 15.4. The van der Waals surface area contributed by atoms with Crippen LogP contribution in [0.3, 0.4) is 0 Å². The van der Waals surface area contributed by atoms with Gasteiger partial charge < -0.3 is 14.2 Å². The third kappa shape index (κ3) is 4.20. The number of hydrogen-bond acceptors (Lipinski definition) is 4. The van der Waals surface area contributed by atoms with Crippen LogP contribution in [-0.2, 0) is 13.0 Å².